The molecule has 2 unspecified atom stereocenters. The van der Waals surface area contributed by atoms with Crippen LogP contribution < -0.4 is 10.6 Å². The number of likely N-dealkylation sites (N-methyl/N-ethyl adjacent to an activating group) is 1. The van der Waals surface area contributed by atoms with Gasteiger partial charge in [0.15, 0.2) is 0 Å². The van der Waals surface area contributed by atoms with E-state index in [9.17, 15) is 4.79 Å². The number of aryl methyl sites for hydroxylation is 1. The van der Waals surface area contributed by atoms with Gasteiger partial charge in [0.05, 0.1) is 6.04 Å². The number of carbonyl (C=O) groups is 1. The third-order valence-corrected chi connectivity index (χ3v) is 4.95. The monoisotopic (exact) mass is 373 g/mol. The van der Waals surface area contributed by atoms with E-state index in [0.29, 0.717) is 6.54 Å². The van der Waals surface area contributed by atoms with Gasteiger partial charge in [-0.3, -0.25) is 0 Å². The molecule has 1 aliphatic rings. The van der Waals surface area contributed by atoms with Gasteiger partial charge in [0.2, 0.25) is 0 Å². The lowest BCUT2D eigenvalue weighted by Crippen LogP contribution is -2.46. The normalized spacial score (nSPS) is 17.0. The Morgan fingerprint density at radius 2 is 1.73 bits per heavy atom. The van der Waals surface area contributed by atoms with Crippen LogP contribution in [0.5, 0.6) is 0 Å². The lowest BCUT2D eigenvalue weighted by Gasteiger charge is -2.27. The van der Waals surface area contributed by atoms with Crippen LogP contribution in [0.15, 0.2) is 54.6 Å². The standard InChI is InChI=1S/C21H27N3O.ClH/c1-24(2)20(17-9-4-3-5-10-17)15-22-21(25)23-19-13-12-16-8-6-7-11-18(16)14-19;/h3-11,19-20H,12-15H2,1-2H3,(H2,22,23,25);1H. The van der Waals surface area contributed by atoms with Gasteiger partial charge < -0.3 is 15.5 Å². The van der Waals surface area contributed by atoms with Gasteiger partial charge >= 0.3 is 6.03 Å². The van der Waals surface area contributed by atoms with E-state index in [0.717, 1.165) is 19.3 Å². The first-order chi connectivity index (χ1) is 12.1. The second-order valence-corrected chi connectivity index (χ2v) is 6.95. The van der Waals surface area contributed by atoms with Crippen molar-refractivity contribution in [3.8, 4) is 0 Å². The lowest BCUT2D eigenvalue weighted by atomic mass is 9.88. The van der Waals surface area contributed by atoms with Crippen molar-refractivity contribution in [1.82, 2.24) is 15.5 Å². The fraction of sp³-hybridized carbons (Fsp3) is 0.381. The number of amides is 2. The minimum atomic E-state index is -0.0767. The zero-order valence-electron chi connectivity index (χ0n) is 15.4. The molecule has 0 heterocycles. The van der Waals surface area contributed by atoms with Crippen LogP contribution in [0.25, 0.3) is 0 Å². The third-order valence-electron chi connectivity index (χ3n) is 4.95. The Bertz CT molecular complexity index is 705. The molecule has 0 saturated carbocycles. The molecule has 1 aliphatic carbocycles. The smallest absolute Gasteiger partial charge is 0.315 e. The summed E-state index contributed by atoms with van der Waals surface area (Å²) in [5.41, 5.74) is 3.98. The van der Waals surface area contributed by atoms with Crippen LogP contribution in [0, 0.1) is 0 Å². The second-order valence-electron chi connectivity index (χ2n) is 6.95. The van der Waals surface area contributed by atoms with Gasteiger partial charge in [0.1, 0.15) is 0 Å². The van der Waals surface area contributed by atoms with Crippen molar-refractivity contribution in [3.63, 3.8) is 0 Å². The molecule has 0 bridgehead atoms. The van der Waals surface area contributed by atoms with Gasteiger partial charge in [-0.05, 0) is 50.0 Å². The van der Waals surface area contributed by atoms with Crippen molar-refractivity contribution in [2.24, 2.45) is 0 Å². The summed E-state index contributed by atoms with van der Waals surface area (Å²) in [4.78, 5) is 14.5. The highest BCUT2D eigenvalue weighted by molar-refractivity contribution is 5.85. The molecule has 26 heavy (non-hydrogen) atoms. The van der Waals surface area contributed by atoms with Gasteiger partial charge in [-0.25, -0.2) is 4.79 Å². The Morgan fingerprint density at radius 3 is 2.42 bits per heavy atom. The molecular weight excluding hydrogens is 346 g/mol. The van der Waals surface area contributed by atoms with E-state index in [1.807, 2.05) is 32.3 Å². The van der Waals surface area contributed by atoms with Crippen LogP contribution in [-0.4, -0.2) is 37.6 Å². The summed E-state index contributed by atoms with van der Waals surface area (Å²) < 4.78 is 0. The van der Waals surface area contributed by atoms with Gasteiger partial charge in [-0.15, -0.1) is 12.4 Å². The molecule has 2 amide bonds. The Hall–Kier alpha value is -2.04. The van der Waals surface area contributed by atoms with E-state index in [1.165, 1.54) is 16.7 Å². The maximum atomic E-state index is 12.3. The fourth-order valence-corrected chi connectivity index (χ4v) is 3.52. The van der Waals surface area contributed by atoms with Crippen molar-refractivity contribution in [1.29, 1.82) is 0 Å². The Kier molecular flexibility index (Phi) is 7.49. The molecule has 0 spiro atoms. The Morgan fingerprint density at radius 1 is 1.08 bits per heavy atom. The summed E-state index contributed by atoms with van der Waals surface area (Å²) in [5.74, 6) is 0. The molecule has 2 N–H and O–H groups in total. The molecule has 0 radical (unpaired) electrons. The predicted octanol–water partition coefficient (Wildman–Crippen LogP) is 3.57. The summed E-state index contributed by atoms with van der Waals surface area (Å²) in [5, 5.41) is 6.18. The van der Waals surface area contributed by atoms with E-state index in [1.54, 1.807) is 0 Å². The van der Waals surface area contributed by atoms with Crippen LogP contribution in [0.3, 0.4) is 0 Å². The summed E-state index contributed by atoms with van der Waals surface area (Å²) in [6.07, 6.45) is 2.95. The van der Waals surface area contributed by atoms with Crippen molar-refractivity contribution in [2.75, 3.05) is 20.6 Å². The van der Waals surface area contributed by atoms with Gasteiger partial charge in [0, 0.05) is 12.6 Å². The first-order valence-electron chi connectivity index (χ1n) is 8.96. The SMILES string of the molecule is CN(C)C(CNC(=O)NC1CCc2ccccc2C1)c1ccccc1.Cl. The average Bonchev–Trinajstić information content (AvgIpc) is 2.62. The second kappa shape index (κ2) is 9.60. The first kappa shape index (κ1) is 20.3. The first-order valence-corrected chi connectivity index (χ1v) is 8.96. The molecule has 0 aromatic heterocycles. The van der Waals surface area contributed by atoms with E-state index < -0.39 is 0 Å². The van der Waals surface area contributed by atoms with E-state index in [4.69, 9.17) is 0 Å². The van der Waals surface area contributed by atoms with Gasteiger partial charge in [-0.1, -0.05) is 54.6 Å². The molecule has 0 aliphatic heterocycles. The summed E-state index contributed by atoms with van der Waals surface area (Å²) in [6, 6.07) is 19.1. The quantitative estimate of drug-likeness (QED) is 0.841. The Labute approximate surface area is 162 Å². The van der Waals surface area contributed by atoms with Crippen LogP contribution in [0.1, 0.15) is 29.2 Å². The minimum absolute atomic E-state index is 0. The third kappa shape index (κ3) is 5.23. The van der Waals surface area contributed by atoms with Crippen LogP contribution in [-0.2, 0) is 12.8 Å². The topological polar surface area (TPSA) is 44.4 Å². The summed E-state index contributed by atoms with van der Waals surface area (Å²) >= 11 is 0. The number of nitrogens with one attached hydrogen (secondary N) is 2. The molecule has 3 rings (SSSR count). The number of rotatable bonds is 5. The average molecular weight is 374 g/mol. The van der Waals surface area contributed by atoms with Crippen LogP contribution in [0.4, 0.5) is 4.79 Å². The zero-order valence-corrected chi connectivity index (χ0v) is 16.3. The van der Waals surface area contributed by atoms with Crippen molar-refractivity contribution < 1.29 is 4.79 Å². The highest BCUT2D eigenvalue weighted by Gasteiger charge is 2.20. The lowest BCUT2D eigenvalue weighted by molar-refractivity contribution is 0.228. The van der Waals surface area contributed by atoms with E-state index >= 15 is 0 Å². The van der Waals surface area contributed by atoms with Crippen molar-refractivity contribution in [2.45, 2.75) is 31.3 Å². The number of hydrogen-bond acceptors (Lipinski definition) is 2. The summed E-state index contributed by atoms with van der Waals surface area (Å²) in [6.45, 7) is 0.589. The van der Waals surface area contributed by atoms with Crippen molar-refractivity contribution >= 4 is 18.4 Å². The largest absolute Gasteiger partial charge is 0.336 e. The van der Waals surface area contributed by atoms with Crippen LogP contribution >= 0.6 is 12.4 Å². The number of halogens is 1. The molecule has 0 fully saturated rings. The number of urea groups is 1. The van der Waals surface area contributed by atoms with E-state index in [-0.39, 0.29) is 30.5 Å². The maximum absolute atomic E-state index is 12.3. The number of benzene rings is 2. The fourth-order valence-electron chi connectivity index (χ4n) is 3.52. The summed E-state index contributed by atoms with van der Waals surface area (Å²) in [7, 11) is 4.07. The minimum Gasteiger partial charge on any atom is -0.336 e. The molecule has 2 aromatic carbocycles. The highest BCUT2D eigenvalue weighted by atomic mass is 35.5. The molecule has 4 nitrogen and oxygen atoms in total. The van der Waals surface area contributed by atoms with Crippen molar-refractivity contribution in [3.05, 3.63) is 71.3 Å². The zero-order chi connectivity index (χ0) is 17.6. The molecular formula is C21H28ClN3O. The maximum Gasteiger partial charge on any atom is 0.315 e. The Balaban J connectivity index is 0.00000243. The van der Waals surface area contributed by atoms with E-state index in [2.05, 4.69) is 51.9 Å². The molecule has 0 saturated heterocycles. The number of hydrogen-bond donors (Lipinski definition) is 2. The predicted molar refractivity (Wildman–Crippen MR) is 109 cm³/mol. The number of nitrogens with zero attached hydrogens (tertiary/aromatic N) is 1. The number of carbonyl (C=O) groups excluding carboxylic acids is 1. The van der Waals surface area contributed by atoms with Crippen LogP contribution in [0.2, 0.25) is 0 Å². The molecule has 140 valence electrons. The molecule has 2 atom stereocenters. The molecule has 2 aromatic rings. The highest BCUT2D eigenvalue weighted by Crippen LogP contribution is 2.21. The van der Waals surface area contributed by atoms with Gasteiger partial charge in [0.25, 0.3) is 0 Å². The number of fused-ring (bicyclic) bond motifs is 1. The molecule has 5 heteroatoms. The van der Waals surface area contributed by atoms with Gasteiger partial charge in [-0.2, -0.15) is 0 Å².